The maximum Gasteiger partial charge on any atom is 0.573 e. The molecule has 0 aromatic heterocycles. The number of likely N-dealkylation sites (N-methyl/N-ethyl adjacent to an activating group) is 1. The summed E-state index contributed by atoms with van der Waals surface area (Å²) < 4.78 is 45.2. The van der Waals surface area contributed by atoms with Gasteiger partial charge in [-0.25, -0.2) is 0 Å². The third kappa shape index (κ3) is 5.27. The molecule has 0 amide bonds. The van der Waals surface area contributed by atoms with Gasteiger partial charge in [0.1, 0.15) is 18.1 Å². The van der Waals surface area contributed by atoms with Crippen LogP contribution in [0.5, 0.6) is 11.5 Å². The number of hydrogen-bond donors (Lipinski definition) is 1. The summed E-state index contributed by atoms with van der Waals surface area (Å²) in [5.41, 5.74) is 0. The van der Waals surface area contributed by atoms with E-state index in [0.717, 1.165) is 0 Å². The summed E-state index contributed by atoms with van der Waals surface area (Å²) in [7, 11) is 1.78. The third-order valence-electron chi connectivity index (χ3n) is 1.75. The van der Waals surface area contributed by atoms with E-state index in [1.54, 1.807) is 7.05 Å². The molecule has 0 saturated carbocycles. The fourth-order valence-electron chi connectivity index (χ4n) is 1.05. The van der Waals surface area contributed by atoms with Crippen LogP contribution in [0.15, 0.2) is 22.7 Å². The van der Waals surface area contributed by atoms with Crippen molar-refractivity contribution < 1.29 is 22.6 Å². The van der Waals surface area contributed by atoms with Gasteiger partial charge in [0, 0.05) is 6.54 Å². The smallest absolute Gasteiger partial charge is 0.492 e. The molecule has 0 unspecified atom stereocenters. The van der Waals surface area contributed by atoms with Crippen molar-refractivity contribution in [3.05, 3.63) is 22.7 Å². The summed E-state index contributed by atoms with van der Waals surface area (Å²) in [5, 5.41) is 2.88. The highest BCUT2D eigenvalue weighted by Crippen LogP contribution is 2.33. The number of alkyl halides is 3. The molecule has 7 heteroatoms. The Labute approximate surface area is 105 Å². The van der Waals surface area contributed by atoms with Crippen molar-refractivity contribution in [2.45, 2.75) is 6.36 Å². The maximum absolute atomic E-state index is 12.0. The minimum Gasteiger partial charge on any atom is -0.492 e. The molecule has 3 nitrogen and oxygen atoms in total. The van der Waals surface area contributed by atoms with Crippen molar-refractivity contribution in [3.63, 3.8) is 0 Å². The SMILES string of the molecule is CNCCOc1ccc(OC(F)(F)F)c(Br)c1. The monoisotopic (exact) mass is 313 g/mol. The molecule has 0 fully saturated rings. The van der Waals surface area contributed by atoms with E-state index in [4.69, 9.17) is 4.74 Å². The Kier molecular flexibility index (Phi) is 5.07. The summed E-state index contributed by atoms with van der Waals surface area (Å²) in [5.74, 6) is 0.181. The van der Waals surface area contributed by atoms with Crippen LogP contribution in [-0.2, 0) is 0 Å². The number of halogens is 4. The van der Waals surface area contributed by atoms with Crippen LogP contribution >= 0.6 is 15.9 Å². The lowest BCUT2D eigenvalue weighted by Gasteiger charge is -2.12. The van der Waals surface area contributed by atoms with E-state index in [9.17, 15) is 13.2 Å². The van der Waals surface area contributed by atoms with Gasteiger partial charge in [0.05, 0.1) is 4.47 Å². The Morgan fingerprint density at radius 2 is 2.06 bits per heavy atom. The Morgan fingerprint density at radius 3 is 2.59 bits per heavy atom. The molecule has 1 aromatic rings. The third-order valence-corrected chi connectivity index (χ3v) is 2.37. The Balaban J connectivity index is 2.66. The molecule has 1 N–H and O–H groups in total. The van der Waals surface area contributed by atoms with Crippen LogP contribution < -0.4 is 14.8 Å². The second-order valence-corrected chi connectivity index (χ2v) is 3.95. The van der Waals surface area contributed by atoms with Gasteiger partial charge in [-0.1, -0.05) is 0 Å². The Hall–Kier alpha value is -0.950. The number of hydrogen-bond acceptors (Lipinski definition) is 3. The van der Waals surface area contributed by atoms with Crippen LogP contribution in [0.3, 0.4) is 0 Å². The van der Waals surface area contributed by atoms with Gasteiger partial charge in [-0.2, -0.15) is 0 Å². The maximum atomic E-state index is 12.0. The zero-order valence-corrected chi connectivity index (χ0v) is 10.6. The van der Waals surface area contributed by atoms with Crippen molar-refractivity contribution in [3.8, 4) is 11.5 Å². The topological polar surface area (TPSA) is 30.5 Å². The van der Waals surface area contributed by atoms with Crippen molar-refractivity contribution >= 4 is 15.9 Å². The summed E-state index contributed by atoms with van der Waals surface area (Å²) in [4.78, 5) is 0. The van der Waals surface area contributed by atoms with E-state index in [1.165, 1.54) is 18.2 Å². The normalized spacial score (nSPS) is 11.4. The zero-order valence-electron chi connectivity index (χ0n) is 8.97. The van der Waals surface area contributed by atoms with Crippen LogP contribution in [0.1, 0.15) is 0 Å². The second-order valence-electron chi connectivity index (χ2n) is 3.09. The van der Waals surface area contributed by atoms with Gasteiger partial charge in [0.25, 0.3) is 0 Å². The predicted molar refractivity (Wildman–Crippen MR) is 60.2 cm³/mol. The minimum atomic E-state index is -4.70. The fraction of sp³-hybridized carbons (Fsp3) is 0.400. The second kappa shape index (κ2) is 6.11. The average Bonchev–Trinajstić information content (AvgIpc) is 2.21. The number of benzene rings is 1. The van der Waals surface area contributed by atoms with E-state index in [1.807, 2.05) is 0 Å². The molecule has 0 aliphatic rings. The molecule has 0 saturated heterocycles. The highest BCUT2D eigenvalue weighted by Gasteiger charge is 2.31. The van der Waals surface area contributed by atoms with Gasteiger partial charge >= 0.3 is 6.36 Å². The fourth-order valence-corrected chi connectivity index (χ4v) is 1.49. The summed E-state index contributed by atoms with van der Waals surface area (Å²) in [6, 6.07) is 4.05. The first-order chi connectivity index (χ1) is 7.92. The van der Waals surface area contributed by atoms with Crippen LogP contribution in [0.2, 0.25) is 0 Å². The molecule has 0 aliphatic carbocycles. The highest BCUT2D eigenvalue weighted by atomic mass is 79.9. The van der Waals surface area contributed by atoms with Crippen molar-refractivity contribution in [2.24, 2.45) is 0 Å². The molecule has 96 valence electrons. The molecule has 0 bridgehead atoms. The zero-order chi connectivity index (χ0) is 12.9. The molecule has 0 spiro atoms. The lowest BCUT2D eigenvalue weighted by Crippen LogP contribution is -2.17. The number of nitrogens with one attached hydrogen (secondary N) is 1. The summed E-state index contributed by atoms with van der Waals surface area (Å²) in [6.45, 7) is 1.08. The van der Waals surface area contributed by atoms with Crippen LogP contribution in [0, 0.1) is 0 Å². The number of rotatable bonds is 5. The Morgan fingerprint density at radius 1 is 1.35 bits per heavy atom. The minimum absolute atomic E-state index is 0.191. The molecule has 1 rings (SSSR count). The molecular formula is C10H11BrF3NO2. The van der Waals surface area contributed by atoms with Gasteiger partial charge in [0.15, 0.2) is 0 Å². The lowest BCUT2D eigenvalue weighted by molar-refractivity contribution is -0.274. The largest absolute Gasteiger partial charge is 0.573 e. The van der Waals surface area contributed by atoms with Crippen molar-refractivity contribution in [1.29, 1.82) is 0 Å². The van der Waals surface area contributed by atoms with Gasteiger partial charge < -0.3 is 14.8 Å². The van der Waals surface area contributed by atoms with E-state index in [2.05, 4.69) is 26.0 Å². The molecule has 17 heavy (non-hydrogen) atoms. The van der Waals surface area contributed by atoms with Crippen LogP contribution in [0.25, 0.3) is 0 Å². The highest BCUT2D eigenvalue weighted by molar-refractivity contribution is 9.10. The van der Waals surface area contributed by atoms with E-state index < -0.39 is 6.36 Å². The Bertz CT molecular complexity index is 371. The van der Waals surface area contributed by atoms with Gasteiger partial charge in [-0.3, -0.25) is 0 Å². The van der Waals surface area contributed by atoms with Gasteiger partial charge in [0.2, 0.25) is 0 Å². The number of ether oxygens (including phenoxy) is 2. The summed E-state index contributed by atoms with van der Waals surface area (Å²) >= 11 is 2.99. The van der Waals surface area contributed by atoms with E-state index >= 15 is 0 Å². The summed E-state index contributed by atoms with van der Waals surface area (Å²) in [6.07, 6.45) is -4.70. The molecular weight excluding hydrogens is 303 g/mol. The molecule has 0 heterocycles. The predicted octanol–water partition coefficient (Wildman–Crippen LogP) is 2.95. The molecule has 0 atom stereocenters. The van der Waals surface area contributed by atoms with Crippen molar-refractivity contribution in [1.82, 2.24) is 5.32 Å². The molecule has 0 radical (unpaired) electrons. The van der Waals surface area contributed by atoms with Gasteiger partial charge in [-0.05, 0) is 41.2 Å². The van der Waals surface area contributed by atoms with E-state index in [-0.39, 0.29) is 10.2 Å². The van der Waals surface area contributed by atoms with Gasteiger partial charge in [-0.15, -0.1) is 13.2 Å². The standard InChI is InChI=1S/C10H11BrF3NO2/c1-15-4-5-16-7-2-3-9(8(11)6-7)17-10(12,13)14/h2-3,6,15H,4-5H2,1H3. The van der Waals surface area contributed by atoms with Crippen LogP contribution in [0.4, 0.5) is 13.2 Å². The molecule has 0 aliphatic heterocycles. The lowest BCUT2D eigenvalue weighted by atomic mass is 10.3. The average molecular weight is 314 g/mol. The van der Waals surface area contributed by atoms with Crippen LogP contribution in [-0.4, -0.2) is 26.6 Å². The first-order valence-corrected chi connectivity index (χ1v) is 5.54. The first kappa shape index (κ1) is 14.1. The van der Waals surface area contributed by atoms with E-state index in [0.29, 0.717) is 18.9 Å². The quantitative estimate of drug-likeness (QED) is 0.848. The van der Waals surface area contributed by atoms with Crippen molar-refractivity contribution in [2.75, 3.05) is 20.2 Å². The molecule has 1 aromatic carbocycles. The first-order valence-electron chi connectivity index (χ1n) is 4.75.